The van der Waals surface area contributed by atoms with Gasteiger partial charge in [0.2, 0.25) is 10.1 Å². The van der Waals surface area contributed by atoms with E-state index in [1.807, 2.05) is 0 Å². The van der Waals surface area contributed by atoms with Crippen LogP contribution < -0.4 is 10.6 Å². The monoisotopic (exact) mass is 278 g/mol. The lowest BCUT2D eigenvalue weighted by Crippen LogP contribution is -2.29. The van der Waals surface area contributed by atoms with Gasteiger partial charge in [-0.2, -0.15) is 0 Å². The van der Waals surface area contributed by atoms with Crippen molar-refractivity contribution >= 4 is 32.2 Å². The van der Waals surface area contributed by atoms with E-state index in [-0.39, 0.29) is 23.1 Å². The minimum Gasteiger partial charge on any atom is -0.363 e. The second-order valence-corrected chi connectivity index (χ2v) is 6.60. The fraction of sp³-hybridized carbons (Fsp3) is 0.625. The van der Waals surface area contributed by atoms with Crippen molar-refractivity contribution in [1.29, 1.82) is 0 Å². The summed E-state index contributed by atoms with van der Waals surface area (Å²) in [5.74, 6) is -0.395. The first-order chi connectivity index (χ1) is 7.98. The summed E-state index contributed by atoms with van der Waals surface area (Å²) >= 11 is 1.11. The molecule has 1 aromatic rings. The summed E-state index contributed by atoms with van der Waals surface area (Å²) in [6.07, 6.45) is 0. The topological polar surface area (TPSA) is 101 Å². The number of rotatable bonds is 6. The first-order valence-corrected chi connectivity index (χ1v) is 7.62. The summed E-state index contributed by atoms with van der Waals surface area (Å²) in [4.78, 5) is 11.5. The van der Waals surface area contributed by atoms with Gasteiger partial charge in [-0.1, -0.05) is 18.3 Å². The number of carbonyl (C=O) groups is 1. The Balaban J connectivity index is 2.45. The molecule has 1 amide bonds. The normalized spacial score (nSPS) is 11.2. The molecule has 2 N–H and O–H groups in total. The maximum Gasteiger partial charge on any atom is 0.282 e. The molecule has 0 aliphatic carbocycles. The Hall–Kier alpha value is -1.22. The van der Waals surface area contributed by atoms with E-state index in [1.165, 1.54) is 0 Å². The molecule has 1 heterocycles. The molecule has 0 atom stereocenters. The molecule has 0 bridgehead atoms. The smallest absolute Gasteiger partial charge is 0.282 e. The molecule has 1 rings (SSSR count). The van der Waals surface area contributed by atoms with Crippen LogP contribution in [-0.4, -0.2) is 49.6 Å². The van der Waals surface area contributed by atoms with Crippen molar-refractivity contribution in [1.82, 2.24) is 15.5 Å². The van der Waals surface area contributed by atoms with Crippen LogP contribution in [-0.2, 0) is 9.84 Å². The summed E-state index contributed by atoms with van der Waals surface area (Å²) < 4.78 is 22.4. The van der Waals surface area contributed by atoms with E-state index in [2.05, 4.69) is 20.8 Å². The summed E-state index contributed by atoms with van der Waals surface area (Å²) in [5, 5.41) is 13.4. The van der Waals surface area contributed by atoms with Crippen LogP contribution in [0.25, 0.3) is 0 Å². The van der Waals surface area contributed by atoms with Gasteiger partial charge in [0.25, 0.3) is 5.91 Å². The van der Waals surface area contributed by atoms with Gasteiger partial charge in [-0.3, -0.25) is 4.79 Å². The van der Waals surface area contributed by atoms with Crippen LogP contribution in [0.2, 0.25) is 0 Å². The minimum absolute atomic E-state index is 0.0626. The molecular weight excluding hydrogens is 264 g/mol. The van der Waals surface area contributed by atoms with Gasteiger partial charge in [-0.05, 0) is 0 Å². The van der Waals surface area contributed by atoms with Crippen molar-refractivity contribution in [3.8, 4) is 0 Å². The quantitative estimate of drug-likeness (QED) is 0.744. The van der Waals surface area contributed by atoms with Gasteiger partial charge in [0.1, 0.15) is 0 Å². The molecule has 0 spiro atoms. The Morgan fingerprint density at radius 2 is 2.12 bits per heavy atom. The van der Waals surface area contributed by atoms with Gasteiger partial charge in [0.05, 0.1) is 5.75 Å². The number of nitrogens with zero attached hydrogens (tertiary/aromatic N) is 2. The summed E-state index contributed by atoms with van der Waals surface area (Å²) in [6, 6.07) is 0. The first-order valence-electron chi connectivity index (χ1n) is 4.98. The van der Waals surface area contributed by atoms with Crippen LogP contribution in [0.3, 0.4) is 0 Å². The van der Waals surface area contributed by atoms with Crippen molar-refractivity contribution in [2.24, 2.45) is 0 Å². The number of hydrogen-bond acceptors (Lipinski definition) is 7. The lowest BCUT2D eigenvalue weighted by Gasteiger charge is -2.02. The lowest BCUT2D eigenvalue weighted by atomic mass is 10.6. The molecule has 1 aromatic heterocycles. The van der Waals surface area contributed by atoms with Crippen molar-refractivity contribution in [3.05, 3.63) is 5.01 Å². The lowest BCUT2D eigenvalue weighted by molar-refractivity contribution is 0.0955. The van der Waals surface area contributed by atoms with Crippen LogP contribution in [0.5, 0.6) is 0 Å². The molecular formula is C8H14N4O3S2. The van der Waals surface area contributed by atoms with E-state index >= 15 is 0 Å². The third-order valence-electron chi connectivity index (χ3n) is 1.97. The molecule has 0 saturated heterocycles. The van der Waals surface area contributed by atoms with E-state index in [0.29, 0.717) is 5.13 Å². The van der Waals surface area contributed by atoms with Crippen molar-refractivity contribution < 1.29 is 13.2 Å². The summed E-state index contributed by atoms with van der Waals surface area (Å²) in [5.41, 5.74) is 0. The summed E-state index contributed by atoms with van der Waals surface area (Å²) in [6.45, 7) is 1.66. The Morgan fingerprint density at radius 1 is 1.41 bits per heavy atom. The molecule has 0 unspecified atom stereocenters. The van der Waals surface area contributed by atoms with E-state index < -0.39 is 15.7 Å². The third kappa shape index (κ3) is 4.27. The molecule has 0 aliphatic heterocycles. The van der Waals surface area contributed by atoms with Crippen molar-refractivity contribution in [2.45, 2.75) is 6.92 Å². The molecule has 7 nitrogen and oxygen atoms in total. The maximum absolute atomic E-state index is 11.5. The Bertz CT molecular complexity index is 483. The van der Waals surface area contributed by atoms with Crippen LogP contribution >= 0.6 is 11.3 Å². The average molecular weight is 278 g/mol. The number of aromatic nitrogens is 2. The van der Waals surface area contributed by atoms with Gasteiger partial charge < -0.3 is 10.6 Å². The van der Waals surface area contributed by atoms with Crippen molar-refractivity contribution in [3.63, 3.8) is 0 Å². The molecule has 0 aliphatic rings. The standard InChI is InChI=1S/C8H14N4O3S2/c1-3-17(14,15)5-4-10-6(13)7-11-12-8(9-2)16-7/h3-5H2,1-2H3,(H,9,12)(H,10,13). The zero-order valence-corrected chi connectivity index (χ0v) is 11.2. The minimum atomic E-state index is -3.06. The summed E-state index contributed by atoms with van der Waals surface area (Å²) in [7, 11) is -1.38. The maximum atomic E-state index is 11.5. The fourth-order valence-electron chi connectivity index (χ4n) is 0.956. The van der Waals surface area contributed by atoms with Crippen LogP contribution in [0.4, 0.5) is 5.13 Å². The first kappa shape index (κ1) is 13.8. The highest BCUT2D eigenvalue weighted by atomic mass is 32.2. The number of amides is 1. The highest BCUT2D eigenvalue weighted by molar-refractivity contribution is 7.91. The van der Waals surface area contributed by atoms with Crippen LogP contribution in [0.1, 0.15) is 16.7 Å². The Labute approximate surface area is 104 Å². The zero-order valence-electron chi connectivity index (χ0n) is 9.56. The number of sulfone groups is 1. The zero-order chi connectivity index (χ0) is 12.9. The fourth-order valence-corrected chi connectivity index (χ4v) is 2.27. The van der Waals surface area contributed by atoms with Crippen LogP contribution in [0.15, 0.2) is 0 Å². The molecule has 96 valence electrons. The highest BCUT2D eigenvalue weighted by Gasteiger charge is 2.13. The third-order valence-corrected chi connectivity index (χ3v) is 4.62. The molecule has 0 aromatic carbocycles. The highest BCUT2D eigenvalue weighted by Crippen LogP contribution is 2.13. The predicted octanol–water partition coefficient (Wildman–Crippen LogP) is -0.256. The molecule has 0 radical (unpaired) electrons. The number of hydrogen-bond donors (Lipinski definition) is 2. The number of carbonyl (C=O) groups excluding carboxylic acids is 1. The SMILES string of the molecule is CCS(=O)(=O)CCNC(=O)c1nnc(NC)s1. The molecule has 0 fully saturated rings. The van der Waals surface area contributed by atoms with Gasteiger partial charge in [0, 0.05) is 19.3 Å². The molecule has 0 saturated carbocycles. The van der Waals surface area contributed by atoms with E-state index in [4.69, 9.17) is 0 Å². The Morgan fingerprint density at radius 3 is 2.65 bits per heavy atom. The van der Waals surface area contributed by atoms with E-state index in [0.717, 1.165) is 11.3 Å². The molecule has 9 heteroatoms. The van der Waals surface area contributed by atoms with Gasteiger partial charge >= 0.3 is 0 Å². The van der Waals surface area contributed by atoms with E-state index in [1.54, 1.807) is 14.0 Å². The van der Waals surface area contributed by atoms with Gasteiger partial charge in [-0.25, -0.2) is 8.42 Å². The number of anilines is 1. The molecule has 17 heavy (non-hydrogen) atoms. The predicted molar refractivity (Wildman–Crippen MR) is 66.1 cm³/mol. The van der Waals surface area contributed by atoms with Crippen LogP contribution in [0, 0.1) is 0 Å². The average Bonchev–Trinajstić information content (AvgIpc) is 2.77. The van der Waals surface area contributed by atoms with Crippen molar-refractivity contribution in [2.75, 3.05) is 30.4 Å². The van der Waals surface area contributed by atoms with Gasteiger partial charge in [-0.15, -0.1) is 10.2 Å². The number of nitrogens with one attached hydrogen (secondary N) is 2. The van der Waals surface area contributed by atoms with Gasteiger partial charge in [0.15, 0.2) is 9.84 Å². The second-order valence-electron chi connectivity index (χ2n) is 3.15. The van der Waals surface area contributed by atoms with E-state index in [9.17, 15) is 13.2 Å². The largest absolute Gasteiger partial charge is 0.363 e. The second kappa shape index (κ2) is 5.92. The Kier molecular flexibility index (Phi) is 4.82.